The second-order valence-corrected chi connectivity index (χ2v) is 8.87. The Hall–Kier alpha value is -2.84. The Morgan fingerprint density at radius 2 is 1.97 bits per heavy atom. The van der Waals surface area contributed by atoms with E-state index in [1.54, 1.807) is 5.01 Å². The fourth-order valence-corrected chi connectivity index (χ4v) is 4.62. The van der Waals surface area contributed by atoms with Gasteiger partial charge in [-0.15, -0.1) is 0 Å². The Balaban J connectivity index is 0.00000126. The van der Waals surface area contributed by atoms with Crippen molar-refractivity contribution in [1.29, 1.82) is 0 Å². The number of hydrogen-bond acceptors (Lipinski definition) is 6. The van der Waals surface area contributed by atoms with E-state index in [9.17, 15) is 13.6 Å². The molecule has 4 heterocycles. The summed E-state index contributed by atoms with van der Waals surface area (Å²) in [5, 5.41) is 1.73. The number of pyridine rings is 1. The number of nitrogens with one attached hydrogen (secondary N) is 1. The maximum Gasteiger partial charge on any atom is 0.280 e. The Kier molecular flexibility index (Phi) is 6.76. The molecule has 0 spiro atoms. The number of rotatable bonds is 4. The molecule has 1 aromatic rings. The summed E-state index contributed by atoms with van der Waals surface area (Å²) in [6, 6.07) is 3.77. The molecule has 0 bridgehead atoms. The number of carbonyl (C=O) groups is 1. The molecule has 3 atom stereocenters. The van der Waals surface area contributed by atoms with Crippen molar-refractivity contribution in [2.45, 2.75) is 65.6 Å². The Morgan fingerprint density at radius 1 is 1.21 bits per heavy atom. The second kappa shape index (κ2) is 9.57. The second-order valence-electron chi connectivity index (χ2n) is 8.87. The van der Waals surface area contributed by atoms with Gasteiger partial charge in [0.1, 0.15) is 12.1 Å². The lowest BCUT2D eigenvalue weighted by molar-refractivity contribution is 0.0594. The minimum Gasteiger partial charge on any atom is -0.338 e. The van der Waals surface area contributed by atoms with Gasteiger partial charge < -0.3 is 4.90 Å². The molecule has 1 saturated carbocycles. The summed E-state index contributed by atoms with van der Waals surface area (Å²) >= 11 is 0. The van der Waals surface area contributed by atoms with Crippen molar-refractivity contribution in [3.8, 4) is 0 Å². The van der Waals surface area contributed by atoms with Crippen LogP contribution < -0.4 is 5.43 Å². The predicted octanol–water partition coefficient (Wildman–Crippen LogP) is 4.13. The topological polar surface area (TPSA) is 73.2 Å². The van der Waals surface area contributed by atoms with Gasteiger partial charge in [0.05, 0.1) is 0 Å². The fourth-order valence-electron chi connectivity index (χ4n) is 4.62. The third kappa shape index (κ3) is 4.77. The van der Waals surface area contributed by atoms with E-state index in [-0.39, 0.29) is 23.5 Å². The monoisotopic (exact) mass is 458 g/mol. The van der Waals surface area contributed by atoms with E-state index in [0.29, 0.717) is 30.3 Å². The Labute approximate surface area is 193 Å². The van der Waals surface area contributed by atoms with Crippen molar-refractivity contribution >= 4 is 18.0 Å². The van der Waals surface area contributed by atoms with E-state index >= 15 is 0 Å². The molecule has 7 nitrogen and oxygen atoms in total. The fraction of sp³-hybridized carbons (Fsp3) is 0.583. The summed E-state index contributed by atoms with van der Waals surface area (Å²) in [7, 11) is 0. The number of hydrogen-bond donors (Lipinski definition) is 1. The van der Waals surface area contributed by atoms with Gasteiger partial charge in [-0.05, 0) is 50.3 Å². The molecular weight excluding hydrogens is 426 g/mol. The van der Waals surface area contributed by atoms with E-state index in [1.807, 2.05) is 37.8 Å². The molecule has 1 unspecified atom stereocenters. The van der Waals surface area contributed by atoms with Crippen LogP contribution in [0.5, 0.6) is 0 Å². The molecular formula is C24H32F2N6O. The van der Waals surface area contributed by atoms with E-state index in [4.69, 9.17) is 0 Å². The molecule has 1 saturated heterocycles. The van der Waals surface area contributed by atoms with Crippen molar-refractivity contribution in [3.05, 3.63) is 40.9 Å². The van der Waals surface area contributed by atoms with Crippen LogP contribution in [0.3, 0.4) is 0 Å². The number of piperidine rings is 1. The summed E-state index contributed by atoms with van der Waals surface area (Å²) in [6.07, 6.45) is 2.61. The highest BCUT2D eigenvalue weighted by Gasteiger charge is 2.39. The molecule has 0 radical (unpaired) electrons. The highest BCUT2D eigenvalue weighted by Crippen LogP contribution is 2.40. The highest BCUT2D eigenvalue weighted by atomic mass is 19.3. The first-order valence-corrected chi connectivity index (χ1v) is 11.8. The van der Waals surface area contributed by atoms with Crippen molar-refractivity contribution < 1.29 is 13.6 Å². The highest BCUT2D eigenvalue weighted by molar-refractivity contribution is 5.99. The standard InChI is InChI=1S/C22H26F2N6O.C2H6/c1-12-5-6-29(21(31)15-7-13(2)27-17(8-15)14-3-4-14)10-16(12)19-9-18(20(23)24)28-22-25-11-26-30(19)22;1-2/h7-9,11-12,14,16,20,22H,3-6,10H2,1-2H3,(H,25,26);1-2H3/t12-,16-,22?;/m1./s1. The Bertz CT molecular complexity index is 987. The van der Waals surface area contributed by atoms with Crippen molar-refractivity contribution in [2.24, 2.45) is 21.8 Å². The van der Waals surface area contributed by atoms with Gasteiger partial charge in [-0.1, -0.05) is 20.8 Å². The maximum atomic E-state index is 13.5. The minimum atomic E-state index is -2.66. The van der Waals surface area contributed by atoms with Crippen LogP contribution in [0.4, 0.5) is 8.78 Å². The molecule has 1 amide bonds. The summed E-state index contributed by atoms with van der Waals surface area (Å²) in [6.45, 7) is 9.14. The maximum absolute atomic E-state index is 13.5. The predicted molar refractivity (Wildman–Crippen MR) is 124 cm³/mol. The van der Waals surface area contributed by atoms with Crippen LogP contribution in [-0.2, 0) is 0 Å². The van der Waals surface area contributed by atoms with Gasteiger partial charge in [0.2, 0.25) is 6.29 Å². The van der Waals surface area contributed by atoms with Crippen LogP contribution >= 0.6 is 0 Å². The number of nitrogens with zero attached hydrogens (tertiary/aromatic N) is 5. The zero-order valence-electron chi connectivity index (χ0n) is 19.6. The molecule has 178 valence electrons. The lowest BCUT2D eigenvalue weighted by Gasteiger charge is -2.42. The molecule has 2 fully saturated rings. The number of alkyl halides is 2. The summed E-state index contributed by atoms with van der Waals surface area (Å²) < 4.78 is 26.9. The summed E-state index contributed by atoms with van der Waals surface area (Å²) in [4.78, 5) is 28.0. The number of halogens is 2. The number of carbonyl (C=O) groups excluding carboxylic acids is 1. The largest absolute Gasteiger partial charge is 0.338 e. The van der Waals surface area contributed by atoms with Crippen LogP contribution in [0.2, 0.25) is 0 Å². The molecule has 5 rings (SSSR count). The lowest BCUT2D eigenvalue weighted by atomic mass is 9.83. The Morgan fingerprint density at radius 3 is 2.67 bits per heavy atom. The number of likely N-dealkylation sites (tertiary alicyclic amines) is 1. The van der Waals surface area contributed by atoms with Gasteiger partial charge in [0, 0.05) is 47.6 Å². The van der Waals surface area contributed by atoms with Crippen molar-refractivity contribution in [2.75, 3.05) is 13.1 Å². The average Bonchev–Trinajstić information content (AvgIpc) is 3.56. The number of amides is 1. The van der Waals surface area contributed by atoms with E-state index < -0.39 is 12.7 Å². The van der Waals surface area contributed by atoms with Gasteiger partial charge in [0.15, 0.2) is 0 Å². The van der Waals surface area contributed by atoms with Gasteiger partial charge >= 0.3 is 0 Å². The van der Waals surface area contributed by atoms with Crippen LogP contribution in [0.1, 0.15) is 67.7 Å². The number of fused-ring (bicyclic) bond motifs is 1. The van der Waals surface area contributed by atoms with Crippen LogP contribution in [-0.4, -0.2) is 58.7 Å². The SMILES string of the molecule is CC.Cc1cc(C(=O)N2CC[C@@H](C)[C@H](C3=CC(C(F)F)=NC4N=CNN34)C2)cc(C2CC2)n1. The van der Waals surface area contributed by atoms with E-state index in [2.05, 4.69) is 27.3 Å². The van der Waals surface area contributed by atoms with Crippen molar-refractivity contribution in [1.82, 2.24) is 20.3 Å². The van der Waals surface area contributed by atoms with Crippen LogP contribution in [0, 0.1) is 18.8 Å². The molecule has 1 N–H and O–H groups in total. The molecule has 4 aliphatic rings. The average molecular weight is 459 g/mol. The molecule has 0 aromatic carbocycles. The van der Waals surface area contributed by atoms with E-state index in [0.717, 1.165) is 30.7 Å². The number of aryl methyl sites for hydroxylation is 1. The first-order valence-electron chi connectivity index (χ1n) is 11.8. The van der Waals surface area contributed by atoms with Crippen molar-refractivity contribution in [3.63, 3.8) is 0 Å². The van der Waals surface area contributed by atoms with E-state index in [1.165, 1.54) is 12.4 Å². The third-order valence-electron chi connectivity index (χ3n) is 6.54. The zero-order valence-corrected chi connectivity index (χ0v) is 19.6. The molecule has 1 aromatic heterocycles. The van der Waals surface area contributed by atoms with Crippen LogP contribution in [0.15, 0.2) is 33.9 Å². The smallest absolute Gasteiger partial charge is 0.280 e. The molecule has 33 heavy (non-hydrogen) atoms. The summed E-state index contributed by atoms with van der Waals surface area (Å²) in [5.41, 5.74) is 5.97. The number of allylic oxidation sites excluding steroid dienone is 1. The summed E-state index contributed by atoms with van der Waals surface area (Å²) in [5.74, 6) is 0.588. The quantitative estimate of drug-likeness (QED) is 0.737. The number of aliphatic imine (C=N–C) groups is 2. The number of aromatic nitrogens is 1. The van der Waals surface area contributed by atoms with Crippen LogP contribution in [0.25, 0.3) is 0 Å². The van der Waals surface area contributed by atoms with Gasteiger partial charge in [-0.2, -0.15) is 0 Å². The molecule has 9 heteroatoms. The minimum absolute atomic E-state index is 0.0226. The number of hydrazine groups is 1. The normalized spacial score (nSPS) is 26.2. The lowest BCUT2D eigenvalue weighted by Crippen LogP contribution is -2.50. The third-order valence-corrected chi connectivity index (χ3v) is 6.54. The van der Waals surface area contributed by atoms with Gasteiger partial charge in [0.25, 0.3) is 12.3 Å². The molecule has 3 aliphatic heterocycles. The first-order chi connectivity index (χ1) is 15.9. The van der Waals surface area contributed by atoms with Gasteiger partial charge in [-0.3, -0.25) is 15.2 Å². The zero-order chi connectivity index (χ0) is 23.7. The molecule has 1 aliphatic carbocycles. The first kappa shape index (κ1) is 23.3. The van der Waals surface area contributed by atoms with Gasteiger partial charge in [-0.25, -0.2) is 23.8 Å².